The van der Waals surface area contributed by atoms with Crippen molar-refractivity contribution in [2.45, 2.75) is 19.3 Å². The molecule has 0 aliphatic carbocycles. The average Bonchev–Trinajstić information content (AvgIpc) is 3.10. The highest BCUT2D eigenvalue weighted by atomic mass is 32.2. The number of sulfonamides is 1. The number of nitrogens with zero attached hydrogens (tertiary/aromatic N) is 2. The Morgan fingerprint density at radius 2 is 1.88 bits per heavy atom. The zero-order chi connectivity index (χ0) is 18.3. The van der Waals surface area contributed by atoms with Gasteiger partial charge in [0.15, 0.2) is 0 Å². The molecule has 2 rings (SSSR count). The second kappa shape index (κ2) is 9.05. The number of hydrogen-bond acceptors (Lipinski definition) is 5. The van der Waals surface area contributed by atoms with E-state index >= 15 is 0 Å². The molecule has 1 heterocycles. The van der Waals surface area contributed by atoms with Crippen LogP contribution < -0.4 is 14.5 Å². The first kappa shape index (κ1) is 19.5. The third kappa shape index (κ3) is 5.89. The number of rotatable bonds is 9. The van der Waals surface area contributed by atoms with Gasteiger partial charge >= 0.3 is 0 Å². The third-order valence-corrected chi connectivity index (χ3v) is 5.28. The smallest absolute Gasteiger partial charge is 0.240 e. The van der Waals surface area contributed by atoms with E-state index in [-0.39, 0.29) is 12.5 Å². The van der Waals surface area contributed by atoms with Crippen LogP contribution in [0.15, 0.2) is 24.3 Å². The van der Waals surface area contributed by atoms with Gasteiger partial charge in [-0.05, 0) is 43.5 Å². The summed E-state index contributed by atoms with van der Waals surface area (Å²) in [5.41, 5.74) is 1.58. The fraction of sp³-hybridized carbons (Fsp3) is 0.588. The van der Waals surface area contributed by atoms with Gasteiger partial charge in [0, 0.05) is 39.0 Å². The number of hydrogen-bond donors (Lipinski definition) is 1. The summed E-state index contributed by atoms with van der Waals surface area (Å²) in [6, 6.07) is 7.34. The molecule has 0 radical (unpaired) electrons. The van der Waals surface area contributed by atoms with E-state index in [1.807, 2.05) is 12.1 Å². The van der Waals surface area contributed by atoms with Crippen molar-refractivity contribution in [1.82, 2.24) is 5.32 Å². The van der Waals surface area contributed by atoms with Gasteiger partial charge in [0.05, 0.1) is 11.9 Å². The maximum atomic E-state index is 12.1. The molecule has 7 nitrogen and oxygen atoms in total. The molecule has 25 heavy (non-hydrogen) atoms. The molecular weight excluding hydrogens is 342 g/mol. The maximum Gasteiger partial charge on any atom is 0.240 e. The van der Waals surface area contributed by atoms with Gasteiger partial charge < -0.3 is 15.0 Å². The first-order chi connectivity index (χ1) is 11.9. The second-order valence-electron chi connectivity index (χ2n) is 6.18. The lowest BCUT2D eigenvalue weighted by molar-refractivity contribution is -0.119. The average molecular weight is 369 g/mol. The Morgan fingerprint density at radius 3 is 2.44 bits per heavy atom. The number of anilines is 2. The lowest BCUT2D eigenvalue weighted by atomic mass is 10.2. The fourth-order valence-corrected chi connectivity index (χ4v) is 3.69. The lowest BCUT2D eigenvalue weighted by Gasteiger charge is -2.23. The minimum Gasteiger partial charge on any atom is -0.385 e. The molecule has 1 aliphatic heterocycles. The maximum absolute atomic E-state index is 12.1. The van der Waals surface area contributed by atoms with Gasteiger partial charge in [-0.1, -0.05) is 0 Å². The van der Waals surface area contributed by atoms with Crippen LogP contribution in [0.25, 0.3) is 0 Å². The number of nitrogens with one attached hydrogen (secondary N) is 1. The third-order valence-electron chi connectivity index (χ3n) is 4.14. The number of amides is 1. The van der Waals surface area contributed by atoms with E-state index in [1.54, 1.807) is 19.2 Å². The van der Waals surface area contributed by atoms with Crippen molar-refractivity contribution in [2.75, 3.05) is 55.4 Å². The fourth-order valence-electron chi connectivity index (χ4n) is 2.84. The molecule has 1 aromatic carbocycles. The van der Waals surface area contributed by atoms with Gasteiger partial charge in [-0.25, -0.2) is 8.42 Å². The molecular formula is C17H27N3O4S. The van der Waals surface area contributed by atoms with E-state index in [0.717, 1.165) is 29.3 Å². The summed E-state index contributed by atoms with van der Waals surface area (Å²) in [5, 5.41) is 2.71. The molecule has 140 valence electrons. The Labute approximate surface area is 150 Å². The predicted octanol–water partition coefficient (Wildman–Crippen LogP) is 1.21. The number of methoxy groups -OCH3 is 1. The molecule has 8 heteroatoms. The van der Waals surface area contributed by atoms with Gasteiger partial charge in [0.1, 0.15) is 6.54 Å². The van der Waals surface area contributed by atoms with Gasteiger partial charge in [0.2, 0.25) is 15.9 Å². The van der Waals surface area contributed by atoms with Crippen LogP contribution in [0.2, 0.25) is 0 Å². The van der Waals surface area contributed by atoms with Crippen LogP contribution >= 0.6 is 0 Å². The van der Waals surface area contributed by atoms with Gasteiger partial charge in [-0.3, -0.25) is 9.10 Å². The Balaban J connectivity index is 2.03. The van der Waals surface area contributed by atoms with Crippen LogP contribution in [0.1, 0.15) is 19.3 Å². The number of benzene rings is 1. The Bertz CT molecular complexity index is 655. The molecule has 0 atom stereocenters. The molecule has 1 N–H and O–H groups in total. The van der Waals surface area contributed by atoms with Crippen molar-refractivity contribution in [3.8, 4) is 0 Å². The highest BCUT2D eigenvalue weighted by molar-refractivity contribution is 7.92. The molecule has 0 bridgehead atoms. The van der Waals surface area contributed by atoms with Gasteiger partial charge in [0.25, 0.3) is 0 Å². The number of carbonyl (C=O) groups excluding carboxylic acids is 1. The zero-order valence-corrected chi connectivity index (χ0v) is 15.7. The Kier molecular flexibility index (Phi) is 7.07. The van der Waals surface area contributed by atoms with Crippen LogP contribution in [-0.4, -0.2) is 60.5 Å². The topological polar surface area (TPSA) is 79.0 Å². The van der Waals surface area contributed by atoms with E-state index in [2.05, 4.69) is 10.2 Å². The zero-order valence-electron chi connectivity index (χ0n) is 14.9. The summed E-state index contributed by atoms with van der Waals surface area (Å²) in [6.07, 6.45) is 4.16. The van der Waals surface area contributed by atoms with Crippen molar-refractivity contribution in [3.63, 3.8) is 0 Å². The van der Waals surface area contributed by atoms with E-state index in [4.69, 9.17) is 4.74 Å². The highest BCUT2D eigenvalue weighted by Crippen LogP contribution is 2.24. The van der Waals surface area contributed by atoms with Crippen molar-refractivity contribution >= 4 is 27.3 Å². The van der Waals surface area contributed by atoms with Crippen LogP contribution in [0, 0.1) is 0 Å². The minimum absolute atomic E-state index is 0.227. The molecule has 1 fully saturated rings. The highest BCUT2D eigenvalue weighted by Gasteiger charge is 2.21. The van der Waals surface area contributed by atoms with Gasteiger partial charge in [-0.2, -0.15) is 0 Å². The second-order valence-corrected chi connectivity index (χ2v) is 8.08. The predicted molar refractivity (Wildman–Crippen MR) is 99.6 cm³/mol. The number of carbonyl (C=O) groups is 1. The van der Waals surface area contributed by atoms with Crippen molar-refractivity contribution in [2.24, 2.45) is 0 Å². The summed E-state index contributed by atoms with van der Waals surface area (Å²) in [6.45, 7) is 2.83. The Hall–Kier alpha value is -1.80. The van der Waals surface area contributed by atoms with Crippen molar-refractivity contribution < 1.29 is 17.9 Å². The molecule has 0 spiro atoms. The van der Waals surface area contributed by atoms with Crippen molar-refractivity contribution in [1.29, 1.82) is 0 Å². The number of ether oxygens (including phenoxy) is 1. The van der Waals surface area contributed by atoms with Crippen molar-refractivity contribution in [3.05, 3.63) is 24.3 Å². The molecule has 1 aliphatic rings. The minimum atomic E-state index is -3.55. The van der Waals surface area contributed by atoms with E-state index in [1.165, 1.54) is 12.8 Å². The SMILES string of the molecule is COCCCNC(=O)CN(c1ccc(N2CCCC2)cc1)S(C)(=O)=O. The van der Waals surface area contributed by atoms with Crippen LogP contribution in [0.3, 0.4) is 0 Å². The van der Waals surface area contributed by atoms with E-state index in [9.17, 15) is 13.2 Å². The molecule has 0 saturated carbocycles. The molecule has 1 amide bonds. The van der Waals surface area contributed by atoms with Crippen LogP contribution in [0.5, 0.6) is 0 Å². The van der Waals surface area contributed by atoms with Crippen LogP contribution in [-0.2, 0) is 19.6 Å². The largest absolute Gasteiger partial charge is 0.385 e. The Morgan fingerprint density at radius 1 is 1.24 bits per heavy atom. The van der Waals surface area contributed by atoms with Crippen LogP contribution in [0.4, 0.5) is 11.4 Å². The monoisotopic (exact) mass is 369 g/mol. The lowest BCUT2D eigenvalue weighted by Crippen LogP contribution is -2.40. The normalized spacial score (nSPS) is 14.6. The van der Waals surface area contributed by atoms with E-state index in [0.29, 0.717) is 25.3 Å². The summed E-state index contributed by atoms with van der Waals surface area (Å²) in [4.78, 5) is 14.3. The standard InChI is InChI=1S/C17H27N3O4S/c1-24-13-5-10-18-17(21)14-20(25(2,22)23)16-8-6-15(7-9-16)19-11-3-4-12-19/h6-9H,3-5,10-14H2,1-2H3,(H,18,21). The molecule has 1 saturated heterocycles. The summed E-state index contributed by atoms with van der Waals surface area (Å²) < 4.78 is 30.3. The summed E-state index contributed by atoms with van der Waals surface area (Å²) in [7, 11) is -1.95. The van der Waals surface area contributed by atoms with E-state index < -0.39 is 10.0 Å². The molecule has 0 unspecified atom stereocenters. The van der Waals surface area contributed by atoms with Gasteiger partial charge in [-0.15, -0.1) is 0 Å². The quantitative estimate of drug-likeness (QED) is 0.662. The first-order valence-electron chi connectivity index (χ1n) is 8.50. The molecule has 0 aromatic heterocycles. The first-order valence-corrected chi connectivity index (χ1v) is 10.3. The summed E-state index contributed by atoms with van der Waals surface area (Å²) in [5.74, 6) is -0.329. The molecule has 1 aromatic rings. The summed E-state index contributed by atoms with van der Waals surface area (Å²) >= 11 is 0.